The van der Waals surface area contributed by atoms with Crippen LogP contribution in [0.4, 0.5) is 0 Å². The molecule has 26 heavy (non-hydrogen) atoms. The Hall–Kier alpha value is -3.28. The van der Waals surface area contributed by atoms with E-state index in [1.807, 2.05) is 52.2 Å². The lowest BCUT2D eigenvalue weighted by Crippen LogP contribution is -2.10. The van der Waals surface area contributed by atoms with E-state index in [1.54, 1.807) is 6.20 Å². The number of hydrogen-bond acceptors (Lipinski definition) is 4. The third-order valence-corrected chi connectivity index (χ3v) is 4.54. The van der Waals surface area contributed by atoms with E-state index in [-0.39, 0.29) is 6.04 Å². The molecule has 0 aliphatic carbocycles. The van der Waals surface area contributed by atoms with Gasteiger partial charge in [0.1, 0.15) is 5.69 Å². The smallest absolute Gasteiger partial charge is 0.113 e. The Balaban J connectivity index is 1.66. The van der Waals surface area contributed by atoms with Crippen molar-refractivity contribution in [2.24, 2.45) is 0 Å². The molecule has 0 bridgehead atoms. The van der Waals surface area contributed by atoms with Crippen LogP contribution in [0.5, 0.6) is 0 Å². The van der Waals surface area contributed by atoms with Gasteiger partial charge in [-0.1, -0.05) is 35.5 Å². The van der Waals surface area contributed by atoms with Gasteiger partial charge in [0.25, 0.3) is 0 Å². The van der Waals surface area contributed by atoms with Gasteiger partial charge in [-0.05, 0) is 37.1 Å². The van der Waals surface area contributed by atoms with Gasteiger partial charge in [-0.2, -0.15) is 5.10 Å². The maximum atomic E-state index is 4.50. The van der Waals surface area contributed by atoms with Crippen LogP contribution in [0.1, 0.15) is 29.8 Å². The molecule has 130 valence electrons. The Labute approximate surface area is 152 Å². The lowest BCUT2D eigenvalue weighted by Gasteiger charge is -2.12. The van der Waals surface area contributed by atoms with Crippen LogP contribution in [0.15, 0.2) is 67.3 Å². The van der Waals surface area contributed by atoms with Crippen molar-refractivity contribution in [3.63, 3.8) is 0 Å². The lowest BCUT2D eigenvalue weighted by molar-refractivity contribution is 0.529. The highest BCUT2D eigenvalue weighted by Gasteiger charge is 2.16. The van der Waals surface area contributed by atoms with E-state index in [0.29, 0.717) is 6.54 Å². The van der Waals surface area contributed by atoms with Crippen molar-refractivity contribution in [1.29, 1.82) is 0 Å². The monoisotopic (exact) mass is 344 g/mol. The van der Waals surface area contributed by atoms with Gasteiger partial charge in [0.15, 0.2) is 0 Å². The van der Waals surface area contributed by atoms with Crippen molar-refractivity contribution in [3.05, 3.63) is 84.1 Å². The van der Waals surface area contributed by atoms with E-state index in [4.69, 9.17) is 0 Å². The minimum Gasteiger partial charge on any atom is -0.268 e. The third-order valence-electron chi connectivity index (χ3n) is 4.54. The molecule has 0 fully saturated rings. The second-order valence-corrected chi connectivity index (χ2v) is 6.33. The van der Waals surface area contributed by atoms with Crippen LogP contribution in [0.3, 0.4) is 0 Å². The molecule has 0 N–H and O–H groups in total. The summed E-state index contributed by atoms with van der Waals surface area (Å²) >= 11 is 0. The molecule has 0 radical (unpaired) electrons. The molecule has 3 heterocycles. The first kappa shape index (κ1) is 16.2. The fourth-order valence-electron chi connectivity index (χ4n) is 3.13. The number of nitrogens with zero attached hydrogens (tertiary/aromatic N) is 6. The predicted molar refractivity (Wildman–Crippen MR) is 99.6 cm³/mol. The van der Waals surface area contributed by atoms with E-state index in [1.165, 1.54) is 0 Å². The maximum absolute atomic E-state index is 4.50. The van der Waals surface area contributed by atoms with E-state index in [0.717, 1.165) is 28.1 Å². The van der Waals surface area contributed by atoms with Crippen LogP contribution < -0.4 is 0 Å². The predicted octanol–water partition coefficient (Wildman–Crippen LogP) is 3.50. The molecule has 4 aromatic rings. The lowest BCUT2D eigenvalue weighted by atomic mass is 10.1. The minimum absolute atomic E-state index is 0.0238. The Morgan fingerprint density at radius 1 is 1.04 bits per heavy atom. The Bertz CT molecular complexity index is 1000. The molecule has 0 aliphatic rings. The molecule has 6 heteroatoms. The molecule has 0 amide bonds. The summed E-state index contributed by atoms with van der Waals surface area (Å²) in [5, 5.41) is 13.1. The van der Waals surface area contributed by atoms with E-state index in [9.17, 15) is 0 Å². The van der Waals surface area contributed by atoms with Gasteiger partial charge in [0, 0.05) is 24.2 Å². The molecule has 0 saturated heterocycles. The summed E-state index contributed by atoms with van der Waals surface area (Å²) in [4.78, 5) is 4.50. The third kappa shape index (κ3) is 3.13. The van der Waals surface area contributed by atoms with Gasteiger partial charge < -0.3 is 0 Å². The highest BCUT2D eigenvalue weighted by Crippen LogP contribution is 2.24. The molecular formula is C20H20N6. The Morgan fingerprint density at radius 3 is 2.73 bits per heavy atom. The maximum Gasteiger partial charge on any atom is 0.113 e. The summed E-state index contributed by atoms with van der Waals surface area (Å²) < 4.78 is 3.78. The summed E-state index contributed by atoms with van der Waals surface area (Å²) in [5.41, 5.74) is 5.24. The second kappa shape index (κ2) is 6.92. The molecular weight excluding hydrogens is 324 g/mol. The van der Waals surface area contributed by atoms with E-state index >= 15 is 0 Å². The molecule has 6 nitrogen and oxygen atoms in total. The normalized spacial score (nSPS) is 12.2. The number of hydrogen-bond donors (Lipinski definition) is 0. The number of aromatic nitrogens is 6. The molecule has 4 rings (SSSR count). The van der Waals surface area contributed by atoms with Crippen LogP contribution in [-0.2, 0) is 6.54 Å². The van der Waals surface area contributed by atoms with Gasteiger partial charge >= 0.3 is 0 Å². The van der Waals surface area contributed by atoms with Gasteiger partial charge in [-0.3, -0.25) is 9.67 Å². The quantitative estimate of drug-likeness (QED) is 0.556. The largest absolute Gasteiger partial charge is 0.268 e. The zero-order chi connectivity index (χ0) is 17.9. The Kier molecular flexibility index (Phi) is 4.31. The summed E-state index contributed by atoms with van der Waals surface area (Å²) in [6.45, 7) is 4.85. The van der Waals surface area contributed by atoms with Crippen LogP contribution in [0, 0.1) is 6.92 Å². The topological polar surface area (TPSA) is 61.4 Å². The number of benzene rings is 1. The zero-order valence-corrected chi connectivity index (χ0v) is 14.8. The molecule has 1 atom stereocenters. The van der Waals surface area contributed by atoms with Crippen molar-refractivity contribution in [2.45, 2.75) is 26.4 Å². The highest BCUT2D eigenvalue weighted by molar-refractivity contribution is 5.62. The second-order valence-electron chi connectivity index (χ2n) is 6.33. The standard InChI is InChI=1S/C20H20N6/c1-15-7-5-10-21-20(15)16(2)26-14-19(23-24-26)18-9-4-3-8-17(18)13-25-12-6-11-22-25/h3-12,14,16H,13H2,1-2H3/t16-/m0/s1. The summed E-state index contributed by atoms with van der Waals surface area (Å²) in [6, 6.07) is 14.2. The molecule has 0 unspecified atom stereocenters. The Morgan fingerprint density at radius 2 is 1.92 bits per heavy atom. The first-order valence-electron chi connectivity index (χ1n) is 8.61. The van der Waals surface area contributed by atoms with Crippen LogP contribution in [0.25, 0.3) is 11.3 Å². The average molecular weight is 344 g/mol. The van der Waals surface area contributed by atoms with Crippen molar-refractivity contribution < 1.29 is 0 Å². The van der Waals surface area contributed by atoms with E-state index in [2.05, 4.69) is 52.4 Å². The first-order valence-corrected chi connectivity index (χ1v) is 8.61. The van der Waals surface area contributed by atoms with Crippen molar-refractivity contribution >= 4 is 0 Å². The summed E-state index contributed by atoms with van der Waals surface area (Å²) in [5.74, 6) is 0. The highest BCUT2D eigenvalue weighted by atomic mass is 15.4. The first-order chi connectivity index (χ1) is 12.7. The van der Waals surface area contributed by atoms with Crippen molar-refractivity contribution in [2.75, 3.05) is 0 Å². The van der Waals surface area contributed by atoms with Crippen molar-refractivity contribution in [3.8, 4) is 11.3 Å². The van der Waals surface area contributed by atoms with Crippen LogP contribution in [0.2, 0.25) is 0 Å². The minimum atomic E-state index is 0.0238. The number of rotatable bonds is 5. The van der Waals surface area contributed by atoms with E-state index < -0.39 is 0 Å². The van der Waals surface area contributed by atoms with Gasteiger partial charge in [0.2, 0.25) is 0 Å². The molecule has 0 spiro atoms. The van der Waals surface area contributed by atoms with Crippen molar-refractivity contribution in [1.82, 2.24) is 29.8 Å². The van der Waals surface area contributed by atoms with Crippen LogP contribution in [-0.4, -0.2) is 29.8 Å². The average Bonchev–Trinajstić information content (AvgIpc) is 3.34. The molecule has 0 aliphatic heterocycles. The van der Waals surface area contributed by atoms with Gasteiger partial charge in [0.05, 0.1) is 24.5 Å². The summed E-state index contributed by atoms with van der Waals surface area (Å²) in [6.07, 6.45) is 7.55. The fourth-order valence-corrected chi connectivity index (χ4v) is 3.13. The van der Waals surface area contributed by atoms with Gasteiger partial charge in [-0.15, -0.1) is 5.10 Å². The molecule has 0 saturated carbocycles. The summed E-state index contributed by atoms with van der Waals surface area (Å²) in [7, 11) is 0. The fraction of sp³-hybridized carbons (Fsp3) is 0.200. The van der Waals surface area contributed by atoms with Crippen LogP contribution >= 0.6 is 0 Å². The number of aryl methyl sites for hydroxylation is 1. The van der Waals surface area contributed by atoms with Gasteiger partial charge in [-0.25, -0.2) is 4.68 Å². The molecule has 3 aromatic heterocycles. The number of pyridine rings is 1. The SMILES string of the molecule is Cc1cccnc1[C@H](C)n1cc(-c2ccccc2Cn2cccn2)nn1. The zero-order valence-electron chi connectivity index (χ0n) is 14.8. The molecule has 1 aromatic carbocycles.